The van der Waals surface area contributed by atoms with Crippen molar-refractivity contribution in [3.63, 3.8) is 0 Å². The van der Waals surface area contributed by atoms with Gasteiger partial charge in [0.2, 0.25) is 0 Å². The SMILES string of the molecule is ClC1CCCC(C2CCOC2)C1. The molecule has 1 aliphatic heterocycles. The summed E-state index contributed by atoms with van der Waals surface area (Å²) in [5, 5.41) is 0.448. The van der Waals surface area contributed by atoms with Gasteiger partial charge in [0.25, 0.3) is 0 Å². The molecule has 0 aromatic heterocycles. The van der Waals surface area contributed by atoms with Crippen LogP contribution in [0.15, 0.2) is 0 Å². The van der Waals surface area contributed by atoms with Crippen LogP contribution in [0.1, 0.15) is 32.1 Å². The minimum absolute atomic E-state index is 0.448. The van der Waals surface area contributed by atoms with E-state index >= 15 is 0 Å². The zero-order chi connectivity index (χ0) is 8.39. The van der Waals surface area contributed by atoms with Crippen LogP contribution in [0.2, 0.25) is 0 Å². The standard InChI is InChI=1S/C10H17ClO/c11-10-3-1-2-8(6-10)9-4-5-12-7-9/h8-10H,1-7H2. The third-order valence-corrected chi connectivity index (χ3v) is 3.68. The largest absolute Gasteiger partial charge is 0.381 e. The van der Waals surface area contributed by atoms with Crippen molar-refractivity contribution in [2.45, 2.75) is 37.5 Å². The molecule has 12 heavy (non-hydrogen) atoms. The van der Waals surface area contributed by atoms with Crippen molar-refractivity contribution in [2.75, 3.05) is 13.2 Å². The van der Waals surface area contributed by atoms with Crippen molar-refractivity contribution in [2.24, 2.45) is 11.8 Å². The molecule has 0 aromatic rings. The highest BCUT2D eigenvalue weighted by Gasteiger charge is 2.29. The molecular weight excluding hydrogens is 172 g/mol. The van der Waals surface area contributed by atoms with Crippen LogP contribution in [0, 0.1) is 11.8 Å². The molecule has 70 valence electrons. The molecule has 1 saturated heterocycles. The van der Waals surface area contributed by atoms with Crippen molar-refractivity contribution >= 4 is 11.6 Å². The molecule has 1 heterocycles. The summed E-state index contributed by atoms with van der Waals surface area (Å²) in [5.74, 6) is 1.69. The molecule has 0 spiro atoms. The van der Waals surface area contributed by atoms with Gasteiger partial charge in [-0.05, 0) is 37.5 Å². The fraction of sp³-hybridized carbons (Fsp3) is 1.00. The maximum atomic E-state index is 6.15. The molecule has 2 fully saturated rings. The Labute approximate surface area is 79.4 Å². The van der Waals surface area contributed by atoms with Crippen LogP contribution in [0.25, 0.3) is 0 Å². The van der Waals surface area contributed by atoms with E-state index in [4.69, 9.17) is 16.3 Å². The number of halogens is 1. The third-order valence-electron chi connectivity index (χ3n) is 3.28. The van der Waals surface area contributed by atoms with Gasteiger partial charge in [0.1, 0.15) is 0 Å². The van der Waals surface area contributed by atoms with E-state index in [-0.39, 0.29) is 0 Å². The van der Waals surface area contributed by atoms with Gasteiger partial charge in [0.05, 0.1) is 0 Å². The van der Waals surface area contributed by atoms with Crippen LogP contribution in [0.5, 0.6) is 0 Å². The molecular formula is C10H17ClO. The molecule has 2 heteroatoms. The normalized spacial score (nSPS) is 43.2. The van der Waals surface area contributed by atoms with Crippen molar-refractivity contribution in [3.8, 4) is 0 Å². The molecule has 3 atom stereocenters. The predicted octanol–water partition coefficient (Wildman–Crippen LogP) is 2.82. The number of ether oxygens (including phenoxy) is 1. The summed E-state index contributed by atoms with van der Waals surface area (Å²) in [4.78, 5) is 0. The first-order chi connectivity index (χ1) is 5.86. The molecule has 0 bridgehead atoms. The van der Waals surface area contributed by atoms with E-state index < -0.39 is 0 Å². The quantitative estimate of drug-likeness (QED) is 0.575. The van der Waals surface area contributed by atoms with Gasteiger partial charge in [0, 0.05) is 18.6 Å². The zero-order valence-electron chi connectivity index (χ0n) is 7.47. The maximum Gasteiger partial charge on any atom is 0.0497 e. The lowest BCUT2D eigenvalue weighted by Crippen LogP contribution is -2.23. The summed E-state index contributed by atoms with van der Waals surface area (Å²) in [7, 11) is 0. The van der Waals surface area contributed by atoms with Gasteiger partial charge >= 0.3 is 0 Å². The van der Waals surface area contributed by atoms with Gasteiger partial charge in [-0.15, -0.1) is 11.6 Å². The minimum atomic E-state index is 0.448. The summed E-state index contributed by atoms with van der Waals surface area (Å²) < 4.78 is 5.40. The molecule has 2 rings (SSSR count). The Morgan fingerprint density at radius 3 is 2.67 bits per heavy atom. The van der Waals surface area contributed by atoms with Crippen molar-refractivity contribution < 1.29 is 4.74 Å². The summed E-state index contributed by atoms with van der Waals surface area (Å²) in [6.07, 6.45) is 6.45. The molecule has 0 aromatic carbocycles. The van der Waals surface area contributed by atoms with Crippen LogP contribution in [-0.2, 0) is 4.74 Å². The molecule has 1 aliphatic carbocycles. The van der Waals surface area contributed by atoms with E-state index in [1.54, 1.807) is 0 Å². The Bertz CT molecular complexity index is 143. The van der Waals surface area contributed by atoms with Crippen LogP contribution < -0.4 is 0 Å². The second kappa shape index (κ2) is 3.97. The molecule has 3 unspecified atom stereocenters. The topological polar surface area (TPSA) is 9.23 Å². The van der Waals surface area contributed by atoms with Gasteiger partial charge in [-0.3, -0.25) is 0 Å². The van der Waals surface area contributed by atoms with E-state index in [9.17, 15) is 0 Å². The first-order valence-electron chi connectivity index (χ1n) is 5.08. The van der Waals surface area contributed by atoms with Crippen LogP contribution >= 0.6 is 11.6 Å². The maximum absolute atomic E-state index is 6.15. The van der Waals surface area contributed by atoms with E-state index in [0.717, 1.165) is 25.0 Å². The number of alkyl halides is 1. The highest BCUT2D eigenvalue weighted by Crippen LogP contribution is 2.36. The average molecular weight is 189 g/mol. The van der Waals surface area contributed by atoms with Crippen LogP contribution in [-0.4, -0.2) is 18.6 Å². The van der Waals surface area contributed by atoms with Gasteiger partial charge in [-0.25, -0.2) is 0 Å². The number of hydrogen-bond acceptors (Lipinski definition) is 1. The first kappa shape index (κ1) is 8.83. The van der Waals surface area contributed by atoms with E-state index in [2.05, 4.69) is 0 Å². The van der Waals surface area contributed by atoms with E-state index in [0.29, 0.717) is 5.38 Å². The molecule has 0 N–H and O–H groups in total. The smallest absolute Gasteiger partial charge is 0.0497 e. The Morgan fingerprint density at radius 1 is 1.08 bits per heavy atom. The highest BCUT2D eigenvalue weighted by atomic mass is 35.5. The summed E-state index contributed by atoms with van der Waals surface area (Å²) in [5.41, 5.74) is 0. The van der Waals surface area contributed by atoms with Gasteiger partial charge < -0.3 is 4.74 Å². The Morgan fingerprint density at radius 2 is 2.00 bits per heavy atom. The lowest BCUT2D eigenvalue weighted by Gasteiger charge is -2.29. The van der Waals surface area contributed by atoms with Gasteiger partial charge in [-0.2, -0.15) is 0 Å². The fourth-order valence-corrected chi connectivity index (χ4v) is 2.90. The number of rotatable bonds is 1. The minimum Gasteiger partial charge on any atom is -0.381 e. The Balaban J connectivity index is 1.85. The van der Waals surface area contributed by atoms with Crippen molar-refractivity contribution in [1.29, 1.82) is 0 Å². The molecule has 1 saturated carbocycles. The van der Waals surface area contributed by atoms with Gasteiger partial charge in [0.15, 0.2) is 0 Å². The highest BCUT2D eigenvalue weighted by molar-refractivity contribution is 6.20. The van der Waals surface area contributed by atoms with E-state index in [1.807, 2.05) is 0 Å². The molecule has 2 aliphatic rings. The zero-order valence-corrected chi connectivity index (χ0v) is 8.22. The summed E-state index contributed by atoms with van der Waals surface area (Å²) in [6, 6.07) is 0. The van der Waals surface area contributed by atoms with E-state index in [1.165, 1.54) is 32.1 Å². The summed E-state index contributed by atoms with van der Waals surface area (Å²) in [6.45, 7) is 1.97. The lowest BCUT2D eigenvalue weighted by atomic mass is 9.79. The monoisotopic (exact) mass is 188 g/mol. The first-order valence-corrected chi connectivity index (χ1v) is 5.51. The van der Waals surface area contributed by atoms with Gasteiger partial charge in [-0.1, -0.05) is 6.42 Å². The summed E-state index contributed by atoms with van der Waals surface area (Å²) >= 11 is 6.15. The molecule has 0 amide bonds. The second-order valence-corrected chi connectivity index (χ2v) is 4.76. The fourth-order valence-electron chi connectivity index (χ4n) is 2.52. The average Bonchev–Trinajstić information content (AvgIpc) is 2.56. The number of hydrogen-bond donors (Lipinski definition) is 0. The molecule has 1 nitrogen and oxygen atoms in total. The predicted molar refractivity (Wildman–Crippen MR) is 50.5 cm³/mol. The second-order valence-electron chi connectivity index (χ2n) is 4.15. The molecule has 0 radical (unpaired) electrons. The van der Waals surface area contributed by atoms with Crippen LogP contribution in [0.4, 0.5) is 0 Å². The van der Waals surface area contributed by atoms with Crippen molar-refractivity contribution in [1.82, 2.24) is 0 Å². The van der Waals surface area contributed by atoms with Crippen LogP contribution in [0.3, 0.4) is 0 Å². The third kappa shape index (κ3) is 1.94. The Hall–Kier alpha value is 0.250. The Kier molecular flexibility index (Phi) is 2.92. The lowest BCUT2D eigenvalue weighted by molar-refractivity contribution is 0.160. The van der Waals surface area contributed by atoms with Crippen molar-refractivity contribution in [3.05, 3.63) is 0 Å².